The molecule has 5 rings (SSSR count). The minimum atomic E-state index is -1.07. The average Bonchev–Trinajstić information content (AvgIpc) is 3.36. The molecule has 1 aromatic heterocycles. The van der Waals surface area contributed by atoms with Crippen LogP contribution in [0.5, 0.6) is 0 Å². The van der Waals surface area contributed by atoms with E-state index in [9.17, 15) is 14.4 Å². The second kappa shape index (κ2) is 12.0. The zero-order valence-corrected chi connectivity index (χ0v) is 24.4. The lowest BCUT2D eigenvalue weighted by Gasteiger charge is -2.37. The van der Waals surface area contributed by atoms with Gasteiger partial charge in [0.1, 0.15) is 11.9 Å². The van der Waals surface area contributed by atoms with Gasteiger partial charge in [-0.05, 0) is 82.1 Å². The number of hydrogen-bond acceptors (Lipinski definition) is 8. The summed E-state index contributed by atoms with van der Waals surface area (Å²) in [7, 11) is 0. The summed E-state index contributed by atoms with van der Waals surface area (Å²) < 4.78 is 1.45. The number of piperazine rings is 1. The van der Waals surface area contributed by atoms with Crippen molar-refractivity contribution in [3.8, 4) is 5.69 Å². The molecular weight excluding hydrogens is 520 g/mol. The van der Waals surface area contributed by atoms with Crippen molar-refractivity contribution in [3.63, 3.8) is 0 Å². The number of ketones is 1. The van der Waals surface area contributed by atoms with Crippen LogP contribution in [-0.4, -0.2) is 87.6 Å². The lowest BCUT2D eigenvalue weighted by molar-refractivity contribution is -0.127. The molecule has 2 amide bonds. The Balaban J connectivity index is 1.20. The Bertz CT molecular complexity index is 1300. The summed E-state index contributed by atoms with van der Waals surface area (Å²) in [6.45, 7) is 9.07. The number of nitrogens with two attached hydrogens (primary N) is 2. The van der Waals surface area contributed by atoms with Crippen LogP contribution in [0.1, 0.15) is 45.6 Å². The highest BCUT2D eigenvalue weighted by atomic mass is 16.2. The Labute approximate surface area is 241 Å². The number of likely N-dealkylation sites (tertiary alicyclic amines) is 1. The summed E-state index contributed by atoms with van der Waals surface area (Å²) in [6, 6.07) is 9.18. The van der Waals surface area contributed by atoms with Gasteiger partial charge in [-0.2, -0.15) is 4.98 Å². The van der Waals surface area contributed by atoms with E-state index in [2.05, 4.69) is 39.6 Å². The molecule has 2 saturated heterocycles. The number of benzene rings is 1. The molecule has 11 heteroatoms. The van der Waals surface area contributed by atoms with Crippen LogP contribution in [0.15, 0.2) is 41.3 Å². The van der Waals surface area contributed by atoms with Crippen LogP contribution >= 0.6 is 0 Å². The van der Waals surface area contributed by atoms with E-state index >= 15 is 0 Å². The van der Waals surface area contributed by atoms with Crippen molar-refractivity contribution in [3.05, 3.63) is 52.6 Å². The molecule has 1 aromatic carbocycles. The summed E-state index contributed by atoms with van der Waals surface area (Å²) in [5.74, 6) is 1.41. The zero-order valence-electron chi connectivity index (χ0n) is 24.4. The Morgan fingerprint density at radius 1 is 1.15 bits per heavy atom. The average molecular weight is 565 g/mol. The number of carbonyl (C=O) groups excluding carboxylic acids is 2. The first-order chi connectivity index (χ1) is 19.5. The third-order valence-corrected chi connectivity index (χ3v) is 8.97. The van der Waals surface area contributed by atoms with Crippen molar-refractivity contribution in [1.82, 2.24) is 24.7 Å². The van der Waals surface area contributed by atoms with Crippen molar-refractivity contribution >= 4 is 17.6 Å². The molecule has 1 aliphatic carbocycles. The highest BCUT2D eigenvalue weighted by Crippen LogP contribution is 2.36. The van der Waals surface area contributed by atoms with Crippen molar-refractivity contribution < 1.29 is 9.59 Å². The summed E-state index contributed by atoms with van der Waals surface area (Å²) >= 11 is 0. The van der Waals surface area contributed by atoms with Crippen LogP contribution in [0.4, 0.5) is 10.6 Å². The van der Waals surface area contributed by atoms with Crippen LogP contribution in [0, 0.1) is 11.8 Å². The van der Waals surface area contributed by atoms with E-state index < -0.39 is 23.3 Å². The number of amides is 2. The van der Waals surface area contributed by atoms with Crippen molar-refractivity contribution in [2.24, 2.45) is 23.3 Å². The molecule has 222 valence electrons. The molecule has 3 heterocycles. The number of fused-ring (bicyclic) bond motifs is 1. The van der Waals surface area contributed by atoms with Gasteiger partial charge in [-0.1, -0.05) is 12.1 Å². The number of carbonyl (C=O) groups is 2. The van der Waals surface area contributed by atoms with E-state index in [1.54, 1.807) is 26.1 Å². The second-order valence-corrected chi connectivity index (χ2v) is 12.7. The van der Waals surface area contributed by atoms with E-state index in [-0.39, 0.29) is 11.6 Å². The van der Waals surface area contributed by atoms with Gasteiger partial charge in [0, 0.05) is 51.0 Å². The molecule has 1 saturated carbocycles. The molecule has 0 spiro atoms. The topological polar surface area (TPSA) is 152 Å². The fourth-order valence-corrected chi connectivity index (χ4v) is 6.59. The van der Waals surface area contributed by atoms with Crippen molar-refractivity contribution in [2.45, 2.75) is 70.1 Å². The Kier molecular flexibility index (Phi) is 8.60. The first-order valence-electron chi connectivity index (χ1n) is 14.8. The smallest absolute Gasteiger partial charge is 0.328 e. The Hall–Kier alpha value is -3.12. The molecule has 6 N–H and O–H groups in total. The van der Waals surface area contributed by atoms with Gasteiger partial charge in [0.25, 0.3) is 0 Å². The zero-order chi connectivity index (χ0) is 29.3. The van der Waals surface area contributed by atoms with Gasteiger partial charge in [-0.25, -0.2) is 9.59 Å². The maximum atomic E-state index is 13.0. The van der Waals surface area contributed by atoms with Gasteiger partial charge in [0.05, 0.1) is 11.2 Å². The maximum Gasteiger partial charge on any atom is 0.354 e. The third kappa shape index (κ3) is 6.69. The Morgan fingerprint density at radius 3 is 2.59 bits per heavy atom. The van der Waals surface area contributed by atoms with Gasteiger partial charge in [0.15, 0.2) is 5.78 Å². The number of nitrogens with one attached hydrogen (secondary N) is 2. The molecule has 11 nitrogen and oxygen atoms in total. The standard InChI is InChI=1S/C30H44N8O3/c1-19(36-17-21-6-7-23(31)15-22(21)18-36)14-20-4-8-24(9-5-20)37-12-10-26(34-28(37)40)35-29(41)38-13-11-33-16-25(38)27(39)30(2,3)32/h4-5,8-10,12,19,21-23,25,33H,6-7,11,13-18,31-32H2,1-3H3,(H,34,35,40,41). The van der Waals surface area contributed by atoms with Crippen LogP contribution in [0.25, 0.3) is 5.69 Å². The summed E-state index contributed by atoms with van der Waals surface area (Å²) in [6.07, 6.45) is 6.09. The lowest BCUT2D eigenvalue weighted by Crippen LogP contribution is -2.63. The molecule has 0 bridgehead atoms. The monoisotopic (exact) mass is 564 g/mol. The minimum Gasteiger partial charge on any atom is -0.328 e. The SMILES string of the molecule is CC(Cc1ccc(-n2ccc(NC(=O)N3CCNCC3C(=O)C(C)(C)N)nc2=O)cc1)N1CC2CCC(N)CC2C1. The number of urea groups is 1. The van der Waals surface area contributed by atoms with Gasteiger partial charge in [-0.3, -0.25) is 19.6 Å². The maximum absolute atomic E-state index is 13.0. The molecule has 2 aromatic rings. The fraction of sp³-hybridized carbons (Fsp3) is 0.600. The number of anilines is 1. The van der Waals surface area contributed by atoms with Gasteiger partial charge in [-0.15, -0.1) is 0 Å². The molecule has 5 atom stereocenters. The van der Waals surface area contributed by atoms with Gasteiger partial charge in [0.2, 0.25) is 0 Å². The Morgan fingerprint density at radius 2 is 1.88 bits per heavy atom. The normalized spacial score (nSPS) is 25.9. The predicted octanol–water partition coefficient (Wildman–Crippen LogP) is 1.33. The first kappa shape index (κ1) is 29.4. The number of nitrogens with zero attached hydrogens (tertiary/aromatic N) is 4. The van der Waals surface area contributed by atoms with Crippen molar-refractivity contribution in [2.75, 3.05) is 38.0 Å². The van der Waals surface area contributed by atoms with Crippen LogP contribution in [0.3, 0.4) is 0 Å². The molecule has 0 radical (unpaired) electrons. The molecule has 5 unspecified atom stereocenters. The highest BCUT2D eigenvalue weighted by Gasteiger charge is 2.39. The molecule has 3 fully saturated rings. The van der Waals surface area contributed by atoms with E-state index in [4.69, 9.17) is 11.5 Å². The van der Waals surface area contributed by atoms with Crippen LogP contribution < -0.4 is 27.8 Å². The van der Waals surface area contributed by atoms with Crippen molar-refractivity contribution in [1.29, 1.82) is 0 Å². The molecule has 41 heavy (non-hydrogen) atoms. The van der Waals surface area contributed by atoms with Gasteiger partial charge < -0.3 is 21.7 Å². The van der Waals surface area contributed by atoms with Crippen LogP contribution in [-0.2, 0) is 11.2 Å². The number of Topliss-reactive ketones (excluding diaryl/α,β-unsaturated/α-hetero) is 1. The predicted molar refractivity (Wildman–Crippen MR) is 159 cm³/mol. The second-order valence-electron chi connectivity index (χ2n) is 12.7. The van der Waals surface area contributed by atoms with E-state index in [0.29, 0.717) is 37.4 Å². The third-order valence-electron chi connectivity index (χ3n) is 8.97. The number of aromatic nitrogens is 2. The van der Waals surface area contributed by atoms with Crippen LogP contribution in [0.2, 0.25) is 0 Å². The molecule has 3 aliphatic rings. The van der Waals surface area contributed by atoms with Gasteiger partial charge >= 0.3 is 11.7 Å². The quantitative estimate of drug-likeness (QED) is 0.393. The highest BCUT2D eigenvalue weighted by molar-refractivity contribution is 5.97. The summed E-state index contributed by atoms with van der Waals surface area (Å²) in [5.41, 5.74) is 12.6. The first-order valence-corrected chi connectivity index (χ1v) is 14.8. The van der Waals surface area contributed by atoms with E-state index in [0.717, 1.165) is 44.2 Å². The number of rotatable bonds is 7. The molecule has 2 aliphatic heterocycles. The summed E-state index contributed by atoms with van der Waals surface area (Å²) in [5, 5.41) is 5.81. The van der Waals surface area contributed by atoms with E-state index in [1.165, 1.54) is 21.5 Å². The van der Waals surface area contributed by atoms with E-state index in [1.807, 2.05) is 12.1 Å². The molecular formula is C30H44N8O3. The number of hydrogen-bond donors (Lipinski definition) is 4. The minimum absolute atomic E-state index is 0.130. The summed E-state index contributed by atoms with van der Waals surface area (Å²) in [4.78, 5) is 46.8. The largest absolute Gasteiger partial charge is 0.354 e. The lowest BCUT2D eigenvalue weighted by atomic mass is 9.79. The fourth-order valence-electron chi connectivity index (χ4n) is 6.59.